The molecule has 4 nitrogen and oxygen atoms in total. The van der Waals surface area contributed by atoms with Crippen LogP contribution in [0.2, 0.25) is 0 Å². The number of primary amides is 1. The molecule has 0 aromatic heterocycles. The molecule has 0 fully saturated rings. The minimum atomic E-state index is -0.788. The second-order valence-electron chi connectivity index (χ2n) is 3.93. The number of hydrogen-bond acceptors (Lipinski definition) is 2. The van der Waals surface area contributed by atoms with Crippen LogP contribution in [0, 0.1) is 0 Å². The van der Waals surface area contributed by atoms with E-state index in [0.717, 1.165) is 5.69 Å². The van der Waals surface area contributed by atoms with Crippen LogP contribution in [0.15, 0.2) is 24.3 Å². The summed E-state index contributed by atoms with van der Waals surface area (Å²) in [6.07, 6.45) is -0.788. The summed E-state index contributed by atoms with van der Waals surface area (Å²) in [4.78, 5) is 10.5. The molecule has 0 aliphatic rings. The highest BCUT2D eigenvalue weighted by atomic mass is 16.5. The van der Waals surface area contributed by atoms with Crippen molar-refractivity contribution >= 4 is 11.8 Å². The Morgan fingerprint density at radius 2 is 2.00 bits per heavy atom. The lowest BCUT2D eigenvalue weighted by Gasteiger charge is -2.23. The van der Waals surface area contributed by atoms with Gasteiger partial charge in [0.2, 0.25) is 0 Å². The molecule has 76 valence electrons. The number of quaternary nitrogens is 1. The maximum Gasteiger partial charge on any atom is 0.409 e. The van der Waals surface area contributed by atoms with Crippen molar-refractivity contribution in [1.82, 2.24) is 4.48 Å². The highest BCUT2D eigenvalue weighted by molar-refractivity contribution is 5.68. The molecular weight excluding hydrogens is 180 g/mol. The summed E-state index contributed by atoms with van der Waals surface area (Å²) >= 11 is 0. The van der Waals surface area contributed by atoms with Crippen LogP contribution in [0.1, 0.15) is 0 Å². The van der Waals surface area contributed by atoms with Crippen LogP contribution in [0.4, 0.5) is 10.5 Å². The number of nitrogens with zero attached hydrogens (tertiary/aromatic N) is 1. The molecule has 0 radical (unpaired) electrons. The van der Waals surface area contributed by atoms with Crippen LogP contribution in [-0.2, 0) is 0 Å². The topological polar surface area (TPSA) is 52.3 Å². The van der Waals surface area contributed by atoms with Crippen LogP contribution in [-0.4, -0.2) is 27.2 Å². The first-order valence-electron chi connectivity index (χ1n) is 4.29. The molecule has 0 aliphatic heterocycles. The van der Waals surface area contributed by atoms with Crippen LogP contribution in [0.25, 0.3) is 0 Å². The summed E-state index contributed by atoms with van der Waals surface area (Å²) in [5.41, 5.74) is 5.96. The summed E-state index contributed by atoms with van der Waals surface area (Å²) < 4.78 is 5.44. The van der Waals surface area contributed by atoms with Gasteiger partial charge in [-0.3, -0.25) is 4.48 Å². The predicted octanol–water partition coefficient (Wildman–Crippen LogP) is 1.34. The third kappa shape index (κ3) is 2.74. The molecule has 1 amide bonds. The Balaban J connectivity index is 2.95. The maximum absolute atomic E-state index is 10.5. The van der Waals surface area contributed by atoms with E-state index in [0.29, 0.717) is 10.2 Å². The highest BCUT2D eigenvalue weighted by Crippen LogP contribution is 2.22. The van der Waals surface area contributed by atoms with Gasteiger partial charge in [0.15, 0.2) is 0 Å². The Morgan fingerprint density at radius 1 is 1.36 bits per heavy atom. The minimum absolute atomic E-state index is 0.475. The number of amides is 1. The number of hydrogen-bond donors (Lipinski definition) is 1. The summed E-state index contributed by atoms with van der Waals surface area (Å²) in [6.45, 7) is 0. The van der Waals surface area contributed by atoms with E-state index in [1.165, 1.54) is 0 Å². The zero-order valence-electron chi connectivity index (χ0n) is 8.65. The van der Waals surface area contributed by atoms with Gasteiger partial charge in [-0.2, -0.15) is 0 Å². The van der Waals surface area contributed by atoms with Crippen LogP contribution in [0.5, 0.6) is 5.75 Å². The van der Waals surface area contributed by atoms with Gasteiger partial charge in [0.1, 0.15) is 11.4 Å². The largest absolute Gasteiger partial charge is 0.410 e. The van der Waals surface area contributed by atoms with Gasteiger partial charge in [-0.1, -0.05) is 6.07 Å². The molecule has 1 rings (SSSR count). The molecule has 4 heteroatoms. The number of nitrogens with two attached hydrogens (primary N) is 1. The second kappa shape index (κ2) is 3.67. The van der Waals surface area contributed by atoms with Gasteiger partial charge in [0, 0.05) is 6.07 Å². The lowest BCUT2D eigenvalue weighted by atomic mass is 10.2. The van der Waals surface area contributed by atoms with Crippen molar-refractivity contribution in [3.8, 4) is 5.75 Å². The van der Waals surface area contributed by atoms with Crippen molar-refractivity contribution < 1.29 is 9.53 Å². The van der Waals surface area contributed by atoms with Gasteiger partial charge in [-0.25, -0.2) is 4.79 Å². The zero-order chi connectivity index (χ0) is 10.8. The fourth-order valence-electron chi connectivity index (χ4n) is 1.08. The van der Waals surface area contributed by atoms with Crippen LogP contribution < -0.4 is 15.0 Å². The molecule has 0 bridgehead atoms. The van der Waals surface area contributed by atoms with E-state index in [4.69, 9.17) is 10.5 Å². The summed E-state index contributed by atoms with van der Waals surface area (Å²) in [7, 11) is 6.09. The van der Waals surface area contributed by atoms with E-state index in [-0.39, 0.29) is 0 Å². The summed E-state index contributed by atoms with van der Waals surface area (Å²) in [5.74, 6) is 0.475. The fourth-order valence-corrected chi connectivity index (χ4v) is 1.08. The minimum Gasteiger partial charge on any atom is -0.410 e. The first-order valence-corrected chi connectivity index (χ1v) is 4.29. The molecule has 0 saturated carbocycles. The van der Waals surface area contributed by atoms with Gasteiger partial charge in [-0.05, 0) is 12.1 Å². The average molecular weight is 195 g/mol. The monoisotopic (exact) mass is 195 g/mol. The smallest absolute Gasteiger partial charge is 0.409 e. The third-order valence-corrected chi connectivity index (χ3v) is 1.81. The molecule has 0 saturated heterocycles. The van der Waals surface area contributed by atoms with Gasteiger partial charge < -0.3 is 10.5 Å². The highest BCUT2D eigenvalue weighted by Gasteiger charge is 2.12. The number of rotatable bonds is 2. The Bertz CT molecular complexity index is 342. The molecule has 0 heterocycles. The van der Waals surface area contributed by atoms with E-state index in [1.54, 1.807) is 12.1 Å². The molecule has 1 aromatic carbocycles. The Hall–Kier alpha value is -1.55. The molecule has 0 atom stereocenters. The average Bonchev–Trinajstić information content (AvgIpc) is 2.01. The number of benzene rings is 1. The molecular formula is C10H15N2O2+. The first kappa shape index (κ1) is 10.5. The number of carbonyl (C=O) groups is 1. The van der Waals surface area contributed by atoms with Gasteiger partial charge in [0.25, 0.3) is 0 Å². The Labute approximate surface area is 83.5 Å². The fraction of sp³-hybridized carbons (Fsp3) is 0.300. The van der Waals surface area contributed by atoms with Crippen LogP contribution in [0.3, 0.4) is 0 Å². The lowest BCUT2D eigenvalue weighted by molar-refractivity contribution is 0.211. The molecule has 0 aliphatic carbocycles. The van der Waals surface area contributed by atoms with E-state index >= 15 is 0 Å². The molecule has 0 unspecified atom stereocenters. The maximum atomic E-state index is 10.5. The van der Waals surface area contributed by atoms with E-state index in [1.807, 2.05) is 33.3 Å². The summed E-state index contributed by atoms with van der Waals surface area (Å²) in [5, 5.41) is 0. The Kier molecular flexibility index (Phi) is 2.76. The molecule has 1 aromatic rings. The van der Waals surface area contributed by atoms with Crippen LogP contribution >= 0.6 is 0 Å². The van der Waals surface area contributed by atoms with Gasteiger partial charge in [-0.15, -0.1) is 0 Å². The number of carbonyl (C=O) groups excluding carboxylic acids is 1. The predicted molar refractivity (Wildman–Crippen MR) is 56.2 cm³/mol. The normalized spacial score (nSPS) is 11.1. The van der Waals surface area contributed by atoms with E-state index in [2.05, 4.69) is 0 Å². The van der Waals surface area contributed by atoms with E-state index in [9.17, 15) is 4.79 Å². The van der Waals surface area contributed by atoms with E-state index < -0.39 is 6.09 Å². The second-order valence-corrected chi connectivity index (χ2v) is 3.93. The van der Waals surface area contributed by atoms with Crippen molar-refractivity contribution in [2.75, 3.05) is 21.1 Å². The zero-order valence-corrected chi connectivity index (χ0v) is 8.65. The van der Waals surface area contributed by atoms with Gasteiger partial charge in [0.05, 0.1) is 21.1 Å². The van der Waals surface area contributed by atoms with Crippen molar-refractivity contribution in [3.63, 3.8) is 0 Å². The summed E-state index contributed by atoms with van der Waals surface area (Å²) in [6, 6.07) is 7.29. The van der Waals surface area contributed by atoms with Crippen molar-refractivity contribution in [2.24, 2.45) is 5.73 Å². The molecule has 14 heavy (non-hydrogen) atoms. The van der Waals surface area contributed by atoms with Crippen molar-refractivity contribution in [2.45, 2.75) is 0 Å². The standard InChI is InChI=1S/C10H14N2O2/c1-12(2,3)8-5-4-6-9(7-8)14-10(11)13/h4-7H,1-3H3,(H-,11,13)/p+1. The first-order chi connectivity index (χ1) is 6.39. The van der Waals surface area contributed by atoms with Crippen molar-refractivity contribution in [3.05, 3.63) is 24.3 Å². The molecule has 2 N–H and O–H groups in total. The van der Waals surface area contributed by atoms with Crippen molar-refractivity contribution in [1.29, 1.82) is 0 Å². The Morgan fingerprint density at radius 3 is 2.50 bits per heavy atom. The third-order valence-electron chi connectivity index (χ3n) is 1.81. The molecule has 0 spiro atoms. The SMILES string of the molecule is C[N+](C)(C)c1cccc(OC(N)=O)c1. The quantitative estimate of drug-likeness (QED) is 0.724. The lowest BCUT2D eigenvalue weighted by Crippen LogP contribution is -2.34. The van der Waals surface area contributed by atoms with Gasteiger partial charge >= 0.3 is 6.09 Å². The number of ether oxygens (including phenoxy) is 1.